The van der Waals surface area contributed by atoms with E-state index >= 15 is 0 Å². The topological polar surface area (TPSA) is 29.9 Å². The van der Waals surface area contributed by atoms with E-state index in [9.17, 15) is 0 Å². The van der Waals surface area contributed by atoms with Crippen molar-refractivity contribution in [2.24, 2.45) is 5.92 Å². The standard InChI is InChI=1S/C11H19N3/c1-2-14-9-13-8-11(14)7-12-6-5-10-3-4-10/h8-10,12H,2-7H2,1H3. The molecule has 1 saturated carbocycles. The number of imidazole rings is 1. The molecule has 0 amide bonds. The molecule has 1 heterocycles. The highest BCUT2D eigenvalue weighted by Crippen LogP contribution is 2.31. The fourth-order valence-corrected chi connectivity index (χ4v) is 1.71. The molecule has 0 bridgehead atoms. The summed E-state index contributed by atoms with van der Waals surface area (Å²) in [6.45, 7) is 5.27. The summed E-state index contributed by atoms with van der Waals surface area (Å²) < 4.78 is 2.18. The Morgan fingerprint density at radius 2 is 2.43 bits per heavy atom. The van der Waals surface area contributed by atoms with Crippen molar-refractivity contribution in [1.29, 1.82) is 0 Å². The van der Waals surface area contributed by atoms with Gasteiger partial charge in [-0.1, -0.05) is 12.8 Å². The molecule has 1 N–H and O–H groups in total. The number of rotatable bonds is 6. The molecule has 78 valence electrons. The van der Waals surface area contributed by atoms with Crippen LogP contribution in [0.2, 0.25) is 0 Å². The van der Waals surface area contributed by atoms with Gasteiger partial charge in [0.25, 0.3) is 0 Å². The second-order valence-corrected chi connectivity index (χ2v) is 4.08. The summed E-state index contributed by atoms with van der Waals surface area (Å²) in [5.41, 5.74) is 1.29. The number of nitrogens with one attached hydrogen (secondary N) is 1. The normalized spacial score (nSPS) is 16.1. The molecule has 1 aromatic rings. The molecule has 1 fully saturated rings. The van der Waals surface area contributed by atoms with Crippen molar-refractivity contribution in [2.45, 2.75) is 39.3 Å². The highest BCUT2D eigenvalue weighted by Gasteiger charge is 2.19. The predicted octanol–water partition coefficient (Wildman–Crippen LogP) is 1.79. The van der Waals surface area contributed by atoms with Crippen LogP contribution in [0, 0.1) is 5.92 Å². The Labute approximate surface area is 85.5 Å². The Bertz CT molecular complexity index is 276. The van der Waals surface area contributed by atoms with Crippen LogP contribution in [-0.2, 0) is 13.1 Å². The van der Waals surface area contributed by atoms with E-state index in [2.05, 4.69) is 21.8 Å². The molecule has 0 spiro atoms. The summed E-state index contributed by atoms with van der Waals surface area (Å²) in [6.07, 6.45) is 8.11. The first kappa shape index (κ1) is 9.71. The molecule has 0 aliphatic heterocycles. The largest absolute Gasteiger partial charge is 0.334 e. The van der Waals surface area contributed by atoms with E-state index in [4.69, 9.17) is 0 Å². The van der Waals surface area contributed by atoms with Gasteiger partial charge in [0.2, 0.25) is 0 Å². The van der Waals surface area contributed by atoms with E-state index in [-0.39, 0.29) is 0 Å². The number of aromatic nitrogens is 2. The lowest BCUT2D eigenvalue weighted by molar-refractivity contribution is 0.586. The minimum atomic E-state index is 0.959. The third kappa shape index (κ3) is 2.58. The summed E-state index contributed by atoms with van der Waals surface area (Å²) >= 11 is 0. The maximum absolute atomic E-state index is 4.14. The highest BCUT2D eigenvalue weighted by molar-refractivity contribution is 4.97. The fourth-order valence-electron chi connectivity index (χ4n) is 1.71. The van der Waals surface area contributed by atoms with Gasteiger partial charge in [0.05, 0.1) is 12.0 Å². The molecule has 1 aliphatic rings. The van der Waals surface area contributed by atoms with Crippen molar-refractivity contribution in [2.75, 3.05) is 6.54 Å². The van der Waals surface area contributed by atoms with E-state index in [0.717, 1.165) is 25.6 Å². The first-order valence-electron chi connectivity index (χ1n) is 5.60. The average molecular weight is 193 g/mol. The van der Waals surface area contributed by atoms with E-state index in [1.807, 2.05) is 12.5 Å². The van der Waals surface area contributed by atoms with Gasteiger partial charge in [-0.25, -0.2) is 4.98 Å². The minimum absolute atomic E-state index is 0.959. The summed E-state index contributed by atoms with van der Waals surface area (Å²) in [5, 5.41) is 3.47. The van der Waals surface area contributed by atoms with Crippen LogP contribution in [0.4, 0.5) is 0 Å². The minimum Gasteiger partial charge on any atom is -0.334 e. The van der Waals surface area contributed by atoms with Crippen LogP contribution in [0.15, 0.2) is 12.5 Å². The van der Waals surface area contributed by atoms with Crippen LogP contribution in [0.1, 0.15) is 31.9 Å². The van der Waals surface area contributed by atoms with Gasteiger partial charge in [-0.15, -0.1) is 0 Å². The Morgan fingerprint density at radius 1 is 1.57 bits per heavy atom. The molecule has 0 aromatic carbocycles. The molecular formula is C11H19N3. The van der Waals surface area contributed by atoms with Crippen molar-refractivity contribution in [3.05, 3.63) is 18.2 Å². The highest BCUT2D eigenvalue weighted by atomic mass is 15.1. The van der Waals surface area contributed by atoms with Crippen molar-refractivity contribution >= 4 is 0 Å². The van der Waals surface area contributed by atoms with E-state index < -0.39 is 0 Å². The number of hydrogen-bond donors (Lipinski definition) is 1. The van der Waals surface area contributed by atoms with E-state index in [1.54, 1.807) is 0 Å². The molecule has 1 aromatic heterocycles. The molecule has 2 rings (SSSR count). The van der Waals surface area contributed by atoms with Crippen LogP contribution in [0.25, 0.3) is 0 Å². The summed E-state index contributed by atoms with van der Waals surface area (Å²) in [4.78, 5) is 4.14. The van der Waals surface area contributed by atoms with Crippen LogP contribution < -0.4 is 5.32 Å². The second kappa shape index (κ2) is 4.60. The quantitative estimate of drug-likeness (QED) is 0.698. The molecule has 0 radical (unpaired) electrons. The summed E-state index contributed by atoms with van der Waals surface area (Å²) in [7, 11) is 0. The zero-order valence-corrected chi connectivity index (χ0v) is 8.87. The molecule has 0 unspecified atom stereocenters. The third-order valence-corrected chi connectivity index (χ3v) is 2.87. The Kier molecular flexibility index (Phi) is 3.19. The number of nitrogens with zero attached hydrogens (tertiary/aromatic N) is 2. The van der Waals surface area contributed by atoms with Crippen LogP contribution in [0.3, 0.4) is 0 Å². The van der Waals surface area contributed by atoms with Crippen molar-refractivity contribution in [1.82, 2.24) is 14.9 Å². The van der Waals surface area contributed by atoms with Gasteiger partial charge in [-0.05, 0) is 25.8 Å². The average Bonchev–Trinajstić information content (AvgIpc) is 2.91. The predicted molar refractivity (Wildman–Crippen MR) is 56.9 cm³/mol. The Morgan fingerprint density at radius 3 is 3.14 bits per heavy atom. The van der Waals surface area contributed by atoms with Crippen molar-refractivity contribution < 1.29 is 0 Å². The molecule has 1 aliphatic carbocycles. The van der Waals surface area contributed by atoms with Crippen LogP contribution >= 0.6 is 0 Å². The molecule has 3 nitrogen and oxygen atoms in total. The van der Waals surface area contributed by atoms with Crippen LogP contribution in [0.5, 0.6) is 0 Å². The molecule has 0 saturated heterocycles. The monoisotopic (exact) mass is 193 g/mol. The molecule has 14 heavy (non-hydrogen) atoms. The lowest BCUT2D eigenvalue weighted by Crippen LogP contribution is -2.17. The van der Waals surface area contributed by atoms with Gasteiger partial charge >= 0.3 is 0 Å². The third-order valence-electron chi connectivity index (χ3n) is 2.87. The van der Waals surface area contributed by atoms with Gasteiger partial charge in [0.1, 0.15) is 0 Å². The first-order chi connectivity index (χ1) is 6.90. The zero-order valence-electron chi connectivity index (χ0n) is 8.87. The summed E-state index contributed by atoms with van der Waals surface area (Å²) in [6, 6.07) is 0. The maximum Gasteiger partial charge on any atom is 0.0948 e. The zero-order chi connectivity index (χ0) is 9.80. The molecule has 0 atom stereocenters. The maximum atomic E-state index is 4.14. The van der Waals surface area contributed by atoms with Crippen molar-refractivity contribution in [3.63, 3.8) is 0 Å². The van der Waals surface area contributed by atoms with E-state index in [1.165, 1.54) is 25.0 Å². The molecular weight excluding hydrogens is 174 g/mol. The number of aryl methyl sites for hydroxylation is 1. The van der Waals surface area contributed by atoms with Gasteiger partial charge in [0, 0.05) is 19.3 Å². The lowest BCUT2D eigenvalue weighted by Gasteiger charge is -2.06. The van der Waals surface area contributed by atoms with Gasteiger partial charge < -0.3 is 9.88 Å². The summed E-state index contributed by atoms with van der Waals surface area (Å²) in [5.74, 6) is 1.03. The van der Waals surface area contributed by atoms with Gasteiger partial charge in [0.15, 0.2) is 0 Å². The smallest absolute Gasteiger partial charge is 0.0948 e. The molecule has 3 heteroatoms. The van der Waals surface area contributed by atoms with E-state index in [0.29, 0.717) is 0 Å². The SMILES string of the molecule is CCn1cncc1CNCCC1CC1. The lowest BCUT2D eigenvalue weighted by atomic mass is 10.3. The van der Waals surface area contributed by atoms with Crippen molar-refractivity contribution in [3.8, 4) is 0 Å². The van der Waals surface area contributed by atoms with Crippen LogP contribution in [-0.4, -0.2) is 16.1 Å². The second-order valence-electron chi connectivity index (χ2n) is 4.08. The van der Waals surface area contributed by atoms with Gasteiger partial charge in [-0.2, -0.15) is 0 Å². The first-order valence-corrected chi connectivity index (χ1v) is 5.60. The van der Waals surface area contributed by atoms with Gasteiger partial charge in [-0.3, -0.25) is 0 Å². The Balaban J connectivity index is 1.68. The fraction of sp³-hybridized carbons (Fsp3) is 0.727. The Hall–Kier alpha value is -0.830. The number of hydrogen-bond acceptors (Lipinski definition) is 2.